The summed E-state index contributed by atoms with van der Waals surface area (Å²) in [6.45, 7) is 12.4. The van der Waals surface area contributed by atoms with Crippen molar-refractivity contribution in [1.82, 2.24) is 0 Å². The zero-order valence-electron chi connectivity index (χ0n) is 18.2. The maximum Gasteiger partial charge on any atom is 0.173 e. The molecule has 0 aliphatic heterocycles. The van der Waals surface area contributed by atoms with Gasteiger partial charge in [-0.25, -0.2) is 0 Å². The first kappa shape index (κ1) is 21.3. The van der Waals surface area contributed by atoms with Gasteiger partial charge in [0.1, 0.15) is 22.7 Å². The molecule has 3 aromatic rings. The van der Waals surface area contributed by atoms with E-state index in [1.807, 2.05) is 6.07 Å². The van der Waals surface area contributed by atoms with E-state index in [4.69, 9.17) is 9.47 Å². The van der Waals surface area contributed by atoms with E-state index in [1.165, 1.54) is 14.7 Å². The Balaban J connectivity index is 2.15. The molecule has 0 aromatic heterocycles. The highest BCUT2D eigenvalue weighted by atomic mass is 32.2. The Morgan fingerprint density at radius 3 is 1.24 bits per heavy atom. The number of rotatable bonds is 5. The Kier molecular flexibility index (Phi) is 6.28. The van der Waals surface area contributed by atoms with Crippen molar-refractivity contribution in [3.8, 4) is 11.5 Å². The molecule has 2 nitrogen and oxygen atoms in total. The standard InChI is InChI=1S/C26H31O2S/c1-25(2,3)27-20-17-21(28-26(4,5)6)19-24(18-20)29(22-13-9-7-10-14-22)23-15-11-8-12-16-23/h7-19H,1-6H3/q+1. The fourth-order valence-electron chi connectivity index (χ4n) is 3.01. The second kappa shape index (κ2) is 8.54. The van der Waals surface area contributed by atoms with E-state index in [-0.39, 0.29) is 22.1 Å². The Morgan fingerprint density at radius 1 is 0.517 bits per heavy atom. The summed E-state index contributed by atoms with van der Waals surface area (Å²) in [6.07, 6.45) is 0. The van der Waals surface area contributed by atoms with Gasteiger partial charge in [-0.1, -0.05) is 36.4 Å². The second-order valence-corrected chi connectivity index (χ2v) is 11.0. The molecular weight excluding hydrogens is 376 g/mol. The molecule has 0 amide bonds. The largest absolute Gasteiger partial charge is 0.488 e. The van der Waals surface area contributed by atoms with E-state index in [0.29, 0.717) is 0 Å². The molecular formula is C26H31O2S+. The van der Waals surface area contributed by atoms with Crippen LogP contribution in [0, 0.1) is 0 Å². The first-order valence-corrected chi connectivity index (χ1v) is 11.2. The van der Waals surface area contributed by atoms with Gasteiger partial charge in [0.25, 0.3) is 0 Å². The van der Waals surface area contributed by atoms with Crippen molar-refractivity contribution in [2.75, 3.05) is 0 Å². The van der Waals surface area contributed by atoms with E-state index in [1.54, 1.807) is 0 Å². The van der Waals surface area contributed by atoms with Gasteiger partial charge in [-0.15, -0.1) is 0 Å². The maximum atomic E-state index is 6.24. The van der Waals surface area contributed by atoms with Crippen LogP contribution in [0.1, 0.15) is 41.5 Å². The first-order chi connectivity index (χ1) is 13.6. The zero-order chi connectivity index (χ0) is 21.1. The average Bonchev–Trinajstić information content (AvgIpc) is 2.61. The molecule has 0 saturated heterocycles. The number of hydrogen-bond acceptors (Lipinski definition) is 2. The SMILES string of the molecule is CC(C)(C)Oc1cc(OC(C)(C)C)cc([S+](c2ccccc2)c2ccccc2)c1. The molecule has 152 valence electrons. The normalized spacial score (nSPS) is 12.1. The highest BCUT2D eigenvalue weighted by Crippen LogP contribution is 2.37. The lowest BCUT2D eigenvalue weighted by atomic mass is 10.2. The molecule has 0 aliphatic rings. The minimum atomic E-state index is -0.282. The third-order valence-corrected chi connectivity index (χ3v) is 6.09. The molecule has 0 atom stereocenters. The lowest BCUT2D eigenvalue weighted by molar-refractivity contribution is 0.120. The third-order valence-electron chi connectivity index (χ3n) is 3.90. The van der Waals surface area contributed by atoms with Crippen molar-refractivity contribution in [3.05, 3.63) is 78.9 Å². The van der Waals surface area contributed by atoms with Crippen molar-refractivity contribution >= 4 is 10.9 Å². The van der Waals surface area contributed by atoms with Crippen LogP contribution in [0.15, 0.2) is 93.5 Å². The molecule has 0 fully saturated rings. The molecule has 3 heteroatoms. The fourth-order valence-corrected chi connectivity index (χ4v) is 5.15. The summed E-state index contributed by atoms with van der Waals surface area (Å²) in [5, 5.41) is 0. The van der Waals surface area contributed by atoms with Gasteiger partial charge >= 0.3 is 0 Å². The Morgan fingerprint density at radius 2 is 0.897 bits per heavy atom. The summed E-state index contributed by atoms with van der Waals surface area (Å²) in [6, 6.07) is 27.6. The van der Waals surface area contributed by atoms with Crippen molar-refractivity contribution in [3.63, 3.8) is 0 Å². The van der Waals surface area contributed by atoms with Crippen molar-refractivity contribution in [2.45, 2.75) is 67.4 Å². The summed E-state index contributed by atoms with van der Waals surface area (Å²) in [5.41, 5.74) is -0.564. The minimum absolute atomic E-state index is 0.252. The molecule has 0 bridgehead atoms. The highest BCUT2D eigenvalue weighted by molar-refractivity contribution is 7.97. The van der Waals surface area contributed by atoms with E-state index in [2.05, 4.69) is 114 Å². The highest BCUT2D eigenvalue weighted by Gasteiger charge is 2.30. The van der Waals surface area contributed by atoms with E-state index in [0.717, 1.165) is 11.5 Å². The van der Waals surface area contributed by atoms with Crippen LogP contribution in [-0.2, 0) is 10.9 Å². The van der Waals surface area contributed by atoms with Crippen LogP contribution >= 0.6 is 0 Å². The van der Waals surface area contributed by atoms with Gasteiger partial charge in [0.2, 0.25) is 0 Å². The molecule has 29 heavy (non-hydrogen) atoms. The number of hydrogen-bond donors (Lipinski definition) is 0. The fraction of sp³-hybridized carbons (Fsp3) is 0.308. The number of ether oxygens (including phenoxy) is 2. The van der Waals surface area contributed by atoms with Crippen LogP contribution < -0.4 is 9.47 Å². The van der Waals surface area contributed by atoms with Gasteiger partial charge in [-0.3, -0.25) is 0 Å². The molecule has 3 aromatic carbocycles. The predicted molar refractivity (Wildman–Crippen MR) is 122 cm³/mol. The topological polar surface area (TPSA) is 18.5 Å². The van der Waals surface area contributed by atoms with Crippen molar-refractivity contribution < 1.29 is 9.47 Å². The minimum Gasteiger partial charge on any atom is -0.488 e. The Labute approximate surface area is 178 Å². The summed E-state index contributed by atoms with van der Waals surface area (Å²) in [5.74, 6) is 1.66. The summed E-state index contributed by atoms with van der Waals surface area (Å²) >= 11 is 0. The van der Waals surface area contributed by atoms with Crippen molar-refractivity contribution in [2.24, 2.45) is 0 Å². The maximum absolute atomic E-state index is 6.24. The van der Waals surface area contributed by atoms with Crippen LogP contribution in [0.2, 0.25) is 0 Å². The van der Waals surface area contributed by atoms with E-state index in [9.17, 15) is 0 Å². The zero-order valence-corrected chi connectivity index (χ0v) is 19.0. The lowest BCUT2D eigenvalue weighted by Gasteiger charge is -2.25. The smallest absolute Gasteiger partial charge is 0.173 e. The van der Waals surface area contributed by atoms with Crippen molar-refractivity contribution in [1.29, 1.82) is 0 Å². The van der Waals surface area contributed by atoms with Gasteiger partial charge in [0, 0.05) is 18.2 Å². The van der Waals surface area contributed by atoms with Crippen LogP contribution in [0.4, 0.5) is 0 Å². The van der Waals surface area contributed by atoms with Gasteiger partial charge in [-0.2, -0.15) is 0 Å². The third kappa shape index (κ3) is 6.30. The molecule has 0 saturated carbocycles. The van der Waals surface area contributed by atoms with Crippen LogP contribution in [-0.4, -0.2) is 11.2 Å². The molecule has 3 rings (SSSR count). The first-order valence-electron chi connectivity index (χ1n) is 9.98. The van der Waals surface area contributed by atoms with Crippen LogP contribution in [0.5, 0.6) is 11.5 Å². The van der Waals surface area contributed by atoms with Gasteiger partial charge in [0.05, 0.1) is 10.9 Å². The average molecular weight is 408 g/mol. The molecule has 0 aliphatic carbocycles. The Hall–Kier alpha value is -2.39. The van der Waals surface area contributed by atoms with Crippen LogP contribution in [0.3, 0.4) is 0 Å². The second-order valence-electron chi connectivity index (χ2n) is 9.00. The van der Waals surface area contributed by atoms with Gasteiger partial charge in [-0.05, 0) is 65.8 Å². The van der Waals surface area contributed by atoms with E-state index >= 15 is 0 Å². The molecule has 0 unspecified atom stereocenters. The molecule has 0 heterocycles. The summed E-state index contributed by atoms with van der Waals surface area (Å²) in [4.78, 5) is 3.73. The molecule has 0 spiro atoms. The Bertz CT molecular complexity index is 849. The number of benzene rings is 3. The molecule has 0 N–H and O–H groups in total. The van der Waals surface area contributed by atoms with Crippen LogP contribution in [0.25, 0.3) is 0 Å². The van der Waals surface area contributed by atoms with E-state index < -0.39 is 0 Å². The van der Waals surface area contributed by atoms with Gasteiger partial charge < -0.3 is 9.47 Å². The summed E-state index contributed by atoms with van der Waals surface area (Å²) < 4.78 is 12.5. The summed E-state index contributed by atoms with van der Waals surface area (Å²) in [7, 11) is -0.252. The quantitative estimate of drug-likeness (QED) is 0.419. The van der Waals surface area contributed by atoms with Gasteiger partial charge in [0.15, 0.2) is 14.7 Å². The lowest BCUT2D eigenvalue weighted by Crippen LogP contribution is -2.24. The monoisotopic (exact) mass is 407 g/mol. The molecule has 0 radical (unpaired) electrons. The predicted octanol–water partition coefficient (Wildman–Crippen LogP) is 7.14.